The van der Waals surface area contributed by atoms with E-state index in [-0.39, 0.29) is 18.9 Å². The predicted octanol–water partition coefficient (Wildman–Crippen LogP) is 2.75. The van der Waals surface area contributed by atoms with Gasteiger partial charge >= 0.3 is 6.09 Å². The molecule has 0 aromatic heterocycles. The number of hydrogen-bond donors (Lipinski definition) is 1. The molecule has 0 saturated carbocycles. The average molecular weight is 324 g/mol. The van der Waals surface area contributed by atoms with Crippen LogP contribution in [0.3, 0.4) is 0 Å². The van der Waals surface area contributed by atoms with Crippen molar-refractivity contribution >= 4 is 12.0 Å². The number of nitrogens with one attached hydrogen (secondary N) is 1. The molecule has 2 aromatic rings. The van der Waals surface area contributed by atoms with Gasteiger partial charge in [0, 0.05) is 26.1 Å². The van der Waals surface area contributed by atoms with Gasteiger partial charge in [-0.2, -0.15) is 0 Å². The summed E-state index contributed by atoms with van der Waals surface area (Å²) in [6, 6.07) is 17.0. The maximum atomic E-state index is 12.3. The van der Waals surface area contributed by atoms with Gasteiger partial charge in [0.05, 0.1) is 0 Å². The van der Waals surface area contributed by atoms with Crippen molar-refractivity contribution in [2.24, 2.45) is 0 Å². The van der Waals surface area contributed by atoms with E-state index in [0.717, 1.165) is 13.0 Å². The zero-order chi connectivity index (χ0) is 16.8. The van der Waals surface area contributed by atoms with Gasteiger partial charge in [-0.15, -0.1) is 0 Å². The quantitative estimate of drug-likeness (QED) is 0.941. The second kappa shape index (κ2) is 7.64. The Kier molecular flexibility index (Phi) is 5.11. The van der Waals surface area contributed by atoms with Crippen molar-refractivity contribution in [3.63, 3.8) is 0 Å². The average Bonchev–Trinajstić information content (AvgIpc) is 2.62. The molecule has 1 heterocycles. The highest BCUT2D eigenvalue weighted by Crippen LogP contribution is 2.18. The predicted molar refractivity (Wildman–Crippen MR) is 90.6 cm³/mol. The van der Waals surface area contributed by atoms with Crippen LogP contribution in [0.4, 0.5) is 4.79 Å². The highest BCUT2D eigenvalue weighted by atomic mass is 16.6. The summed E-state index contributed by atoms with van der Waals surface area (Å²) in [6.07, 6.45) is 0.607. The smallest absolute Gasteiger partial charge is 0.410 e. The van der Waals surface area contributed by atoms with Crippen LogP contribution in [0.2, 0.25) is 0 Å². The summed E-state index contributed by atoms with van der Waals surface area (Å²) in [5.41, 5.74) is 2.51. The lowest BCUT2D eigenvalue weighted by Crippen LogP contribution is -2.38. The molecule has 0 saturated heterocycles. The van der Waals surface area contributed by atoms with Gasteiger partial charge in [-0.1, -0.05) is 42.5 Å². The summed E-state index contributed by atoms with van der Waals surface area (Å²) < 4.78 is 5.11. The van der Waals surface area contributed by atoms with E-state index < -0.39 is 6.09 Å². The number of rotatable bonds is 4. The fourth-order valence-corrected chi connectivity index (χ4v) is 2.77. The zero-order valence-corrected chi connectivity index (χ0v) is 13.4. The van der Waals surface area contributed by atoms with E-state index in [1.165, 1.54) is 11.1 Å². The standard InChI is InChI=1S/C19H20N2O3/c22-18(21-13-11-15-6-4-5-7-16(15)14-21)10-12-20-19(23)24-17-8-2-1-3-9-17/h1-9H,10-14H2,(H,20,23). The topological polar surface area (TPSA) is 58.6 Å². The van der Waals surface area contributed by atoms with Gasteiger partial charge < -0.3 is 15.0 Å². The number of nitrogens with zero attached hydrogens (tertiary/aromatic N) is 1. The van der Waals surface area contributed by atoms with Crippen LogP contribution in [0.1, 0.15) is 17.5 Å². The van der Waals surface area contributed by atoms with Gasteiger partial charge in [0.25, 0.3) is 0 Å². The fraction of sp³-hybridized carbons (Fsp3) is 0.263. The van der Waals surface area contributed by atoms with Gasteiger partial charge in [-0.3, -0.25) is 4.79 Å². The molecule has 0 spiro atoms. The van der Waals surface area contributed by atoms with Crippen LogP contribution in [0.15, 0.2) is 54.6 Å². The van der Waals surface area contributed by atoms with Crippen molar-refractivity contribution in [1.82, 2.24) is 10.2 Å². The zero-order valence-electron chi connectivity index (χ0n) is 13.4. The molecule has 0 aliphatic carbocycles. The van der Waals surface area contributed by atoms with Crippen LogP contribution >= 0.6 is 0 Å². The van der Waals surface area contributed by atoms with E-state index in [1.54, 1.807) is 24.3 Å². The van der Waals surface area contributed by atoms with Crippen LogP contribution in [0.25, 0.3) is 0 Å². The van der Waals surface area contributed by atoms with Crippen LogP contribution in [0, 0.1) is 0 Å². The molecule has 1 aliphatic heterocycles. The summed E-state index contributed by atoms with van der Waals surface area (Å²) in [5, 5.41) is 2.61. The highest BCUT2D eigenvalue weighted by molar-refractivity contribution is 5.77. The number of amides is 2. The largest absolute Gasteiger partial charge is 0.412 e. The van der Waals surface area contributed by atoms with Gasteiger partial charge in [-0.05, 0) is 29.7 Å². The summed E-state index contributed by atoms with van der Waals surface area (Å²) in [5.74, 6) is 0.526. The van der Waals surface area contributed by atoms with Crippen molar-refractivity contribution in [3.05, 3.63) is 65.7 Å². The van der Waals surface area contributed by atoms with Gasteiger partial charge in [0.2, 0.25) is 5.91 Å². The van der Waals surface area contributed by atoms with Crippen LogP contribution in [-0.4, -0.2) is 30.0 Å². The Morgan fingerprint density at radius 2 is 1.71 bits per heavy atom. The summed E-state index contributed by atoms with van der Waals surface area (Å²) >= 11 is 0. The van der Waals surface area contributed by atoms with E-state index in [2.05, 4.69) is 17.4 Å². The number of benzene rings is 2. The molecule has 1 N–H and O–H groups in total. The normalized spacial score (nSPS) is 13.1. The minimum atomic E-state index is -0.544. The van der Waals surface area contributed by atoms with Crippen molar-refractivity contribution < 1.29 is 14.3 Å². The van der Waals surface area contributed by atoms with Crippen molar-refractivity contribution in [2.75, 3.05) is 13.1 Å². The van der Waals surface area contributed by atoms with E-state index in [0.29, 0.717) is 12.3 Å². The lowest BCUT2D eigenvalue weighted by atomic mass is 10.00. The molecule has 2 amide bonds. The number of hydrogen-bond acceptors (Lipinski definition) is 3. The van der Waals surface area contributed by atoms with Crippen molar-refractivity contribution in [1.29, 1.82) is 0 Å². The van der Waals surface area contributed by atoms with Crippen LogP contribution in [0.5, 0.6) is 5.75 Å². The van der Waals surface area contributed by atoms with Gasteiger partial charge in [0.1, 0.15) is 5.75 Å². The Hall–Kier alpha value is -2.82. The first-order valence-electron chi connectivity index (χ1n) is 8.07. The monoisotopic (exact) mass is 324 g/mol. The fourth-order valence-electron chi connectivity index (χ4n) is 2.77. The van der Waals surface area contributed by atoms with E-state index in [9.17, 15) is 9.59 Å². The highest BCUT2D eigenvalue weighted by Gasteiger charge is 2.20. The molecule has 1 aliphatic rings. The number of carbonyl (C=O) groups is 2. The molecule has 5 heteroatoms. The molecule has 124 valence electrons. The van der Waals surface area contributed by atoms with E-state index in [4.69, 9.17) is 4.74 Å². The molecular formula is C19H20N2O3. The van der Waals surface area contributed by atoms with Crippen LogP contribution < -0.4 is 10.1 Å². The first-order valence-corrected chi connectivity index (χ1v) is 8.07. The Bertz CT molecular complexity index is 716. The molecule has 0 atom stereocenters. The molecule has 2 aromatic carbocycles. The number of para-hydroxylation sites is 1. The molecule has 0 fully saturated rings. The Balaban J connectivity index is 1.42. The molecule has 0 bridgehead atoms. The summed E-state index contributed by atoms with van der Waals surface area (Å²) in [7, 11) is 0. The Morgan fingerprint density at radius 3 is 2.50 bits per heavy atom. The maximum Gasteiger partial charge on any atom is 0.412 e. The van der Waals surface area contributed by atoms with E-state index >= 15 is 0 Å². The lowest BCUT2D eigenvalue weighted by molar-refractivity contribution is -0.131. The Labute approximate surface area is 141 Å². The third kappa shape index (κ3) is 4.13. The first-order chi connectivity index (χ1) is 11.7. The minimum absolute atomic E-state index is 0.0458. The minimum Gasteiger partial charge on any atom is -0.410 e. The third-order valence-corrected chi connectivity index (χ3v) is 4.05. The number of fused-ring (bicyclic) bond motifs is 1. The molecule has 5 nitrogen and oxygen atoms in total. The molecule has 24 heavy (non-hydrogen) atoms. The van der Waals surface area contributed by atoms with Crippen molar-refractivity contribution in [2.45, 2.75) is 19.4 Å². The molecule has 0 unspecified atom stereocenters. The van der Waals surface area contributed by atoms with Gasteiger partial charge in [-0.25, -0.2) is 4.79 Å². The van der Waals surface area contributed by atoms with Crippen LogP contribution in [-0.2, 0) is 17.8 Å². The molecule has 0 radical (unpaired) electrons. The second-order valence-electron chi connectivity index (χ2n) is 5.71. The third-order valence-electron chi connectivity index (χ3n) is 4.05. The lowest BCUT2D eigenvalue weighted by Gasteiger charge is -2.29. The summed E-state index contributed by atoms with van der Waals surface area (Å²) in [4.78, 5) is 25.8. The SMILES string of the molecule is O=C(NCCC(=O)N1CCc2ccccc2C1)Oc1ccccc1. The van der Waals surface area contributed by atoms with Crippen molar-refractivity contribution in [3.8, 4) is 5.75 Å². The second-order valence-corrected chi connectivity index (χ2v) is 5.71. The first kappa shape index (κ1) is 16.1. The number of ether oxygens (including phenoxy) is 1. The molecule has 3 rings (SSSR count). The Morgan fingerprint density at radius 1 is 1.00 bits per heavy atom. The molecular weight excluding hydrogens is 304 g/mol. The maximum absolute atomic E-state index is 12.3. The summed E-state index contributed by atoms with van der Waals surface area (Å²) in [6.45, 7) is 1.64. The van der Waals surface area contributed by atoms with Gasteiger partial charge in [0.15, 0.2) is 0 Å². The van der Waals surface area contributed by atoms with E-state index in [1.807, 2.05) is 23.1 Å². The number of carbonyl (C=O) groups excluding carboxylic acids is 2.